The molecule has 6 nitrogen and oxygen atoms in total. The highest BCUT2D eigenvalue weighted by molar-refractivity contribution is 6.05. The van der Waals surface area contributed by atoms with Crippen LogP contribution in [-0.4, -0.2) is 20.2 Å². The Bertz CT molecular complexity index is 1310. The lowest BCUT2D eigenvalue weighted by Gasteiger charge is -2.15. The van der Waals surface area contributed by atoms with Crippen LogP contribution in [0.3, 0.4) is 0 Å². The fraction of sp³-hybridized carbons (Fsp3) is 0.296. The van der Waals surface area contributed by atoms with Gasteiger partial charge in [0.25, 0.3) is 5.69 Å². The van der Waals surface area contributed by atoms with Crippen molar-refractivity contribution in [2.24, 2.45) is 0 Å². The van der Waals surface area contributed by atoms with Crippen LogP contribution in [0, 0.1) is 24.0 Å². The number of H-pyrrole nitrogens is 1. The van der Waals surface area contributed by atoms with Crippen LogP contribution in [0.15, 0.2) is 48.5 Å². The van der Waals surface area contributed by atoms with E-state index < -0.39 is 4.92 Å². The molecule has 6 heteroatoms. The molecule has 1 aliphatic heterocycles. The number of allylic oxidation sites excluding steroid dienone is 1. The second-order valence-electron chi connectivity index (χ2n) is 9.12. The van der Waals surface area contributed by atoms with Gasteiger partial charge in [0, 0.05) is 46.8 Å². The molecule has 0 saturated carbocycles. The van der Waals surface area contributed by atoms with Gasteiger partial charge >= 0.3 is 0 Å². The number of nitrogens with one attached hydrogen (secondary N) is 1. The lowest BCUT2D eigenvalue weighted by Crippen LogP contribution is -2.27. The van der Waals surface area contributed by atoms with Crippen LogP contribution < -0.4 is 5.11 Å². The Kier molecular flexibility index (Phi) is 5.70. The van der Waals surface area contributed by atoms with E-state index in [1.807, 2.05) is 18.2 Å². The Balaban J connectivity index is 1.85. The van der Waals surface area contributed by atoms with Crippen molar-refractivity contribution in [3.05, 3.63) is 92.3 Å². The van der Waals surface area contributed by atoms with Crippen LogP contribution in [0.25, 0.3) is 6.08 Å². The van der Waals surface area contributed by atoms with E-state index in [-0.39, 0.29) is 23.4 Å². The second-order valence-corrected chi connectivity index (χ2v) is 9.12. The maximum Gasteiger partial charge on any atom is 0.269 e. The molecular weight excluding hydrogens is 414 g/mol. The monoisotopic (exact) mass is 443 g/mol. The first-order valence-electron chi connectivity index (χ1n) is 11.2. The fourth-order valence-electron chi connectivity index (χ4n) is 4.96. The SMILES string of the molecule is CCc1c(C)[nH]c(/C=C/C2=[N+](Cc3cc([N+](=O)[O-])ccc3[O-])c3ccccc3C2(C)C)c1C. The number of nitro benzene ring substituents is 1. The summed E-state index contributed by atoms with van der Waals surface area (Å²) in [5.41, 5.74) is 8.09. The number of rotatable bonds is 6. The van der Waals surface area contributed by atoms with Gasteiger partial charge in [-0.25, -0.2) is 0 Å². The van der Waals surface area contributed by atoms with Crippen LogP contribution in [0.4, 0.5) is 11.4 Å². The van der Waals surface area contributed by atoms with Crippen LogP contribution in [0.1, 0.15) is 54.4 Å². The lowest BCUT2D eigenvalue weighted by atomic mass is 9.81. The summed E-state index contributed by atoms with van der Waals surface area (Å²) in [6.45, 7) is 11.0. The van der Waals surface area contributed by atoms with Gasteiger partial charge in [0.15, 0.2) is 12.3 Å². The van der Waals surface area contributed by atoms with Crippen molar-refractivity contribution in [2.45, 2.75) is 53.0 Å². The smallest absolute Gasteiger partial charge is 0.269 e. The van der Waals surface area contributed by atoms with Gasteiger partial charge in [0.05, 0.1) is 10.3 Å². The van der Waals surface area contributed by atoms with Gasteiger partial charge in [-0.1, -0.05) is 36.9 Å². The van der Waals surface area contributed by atoms with Crippen LogP contribution in [0.2, 0.25) is 0 Å². The van der Waals surface area contributed by atoms with Crippen molar-refractivity contribution in [2.75, 3.05) is 0 Å². The van der Waals surface area contributed by atoms with Crippen molar-refractivity contribution in [1.29, 1.82) is 0 Å². The minimum Gasteiger partial charge on any atom is -0.872 e. The van der Waals surface area contributed by atoms with E-state index >= 15 is 0 Å². The van der Waals surface area contributed by atoms with E-state index in [0.717, 1.165) is 29.1 Å². The molecule has 0 saturated heterocycles. The van der Waals surface area contributed by atoms with E-state index in [4.69, 9.17) is 0 Å². The molecule has 33 heavy (non-hydrogen) atoms. The molecule has 0 radical (unpaired) electrons. The molecule has 2 heterocycles. The zero-order valence-electron chi connectivity index (χ0n) is 19.7. The van der Waals surface area contributed by atoms with Gasteiger partial charge in [-0.15, -0.1) is 0 Å². The molecule has 0 spiro atoms. The van der Waals surface area contributed by atoms with Crippen molar-refractivity contribution >= 4 is 23.2 Å². The maximum absolute atomic E-state index is 12.6. The Morgan fingerprint density at radius 3 is 2.52 bits per heavy atom. The van der Waals surface area contributed by atoms with Gasteiger partial charge in [-0.05, 0) is 51.3 Å². The molecule has 0 fully saturated rings. The number of nitro groups is 1. The van der Waals surface area contributed by atoms with E-state index in [1.165, 1.54) is 35.0 Å². The predicted octanol–water partition coefficient (Wildman–Crippen LogP) is 5.47. The number of aromatic amines is 1. The third-order valence-electron chi connectivity index (χ3n) is 6.78. The molecule has 0 unspecified atom stereocenters. The number of aromatic nitrogens is 1. The summed E-state index contributed by atoms with van der Waals surface area (Å²) >= 11 is 0. The number of fused-ring (bicyclic) bond motifs is 1. The Morgan fingerprint density at radius 1 is 1.12 bits per heavy atom. The second kappa shape index (κ2) is 8.35. The molecular formula is C27H29N3O3. The van der Waals surface area contributed by atoms with Crippen molar-refractivity contribution in [1.82, 2.24) is 4.98 Å². The summed E-state index contributed by atoms with van der Waals surface area (Å²) in [7, 11) is 0. The van der Waals surface area contributed by atoms with Gasteiger partial charge < -0.3 is 10.1 Å². The highest BCUT2D eigenvalue weighted by Gasteiger charge is 2.44. The van der Waals surface area contributed by atoms with Gasteiger partial charge in [0.1, 0.15) is 0 Å². The van der Waals surface area contributed by atoms with Crippen molar-refractivity contribution < 1.29 is 14.6 Å². The third kappa shape index (κ3) is 3.86. The minimum absolute atomic E-state index is 0.0713. The standard InChI is InChI=1S/C27H29N3O3/c1-6-21-17(2)23(28-18(21)3)12-14-26-27(4,5)22-9-7-8-10-24(22)29(26)16-19-15-20(30(32)33)11-13-25(19)31/h7-15,31H,6,16H2,1-5H3. The number of aryl methyl sites for hydroxylation is 1. The summed E-state index contributed by atoms with van der Waals surface area (Å²) in [6.07, 6.45) is 5.18. The largest absolute Gasteiger partial charge is 0.872 e. The maximum atomic E-state index is 12.6. The summed E-state index contributed by atoms with van der Waals surface area (Å²) in [6, 6.07) is 12.1. The van der Waals surface area contributed by atoms with E-state index in [0.29, 0.717) is 5.56 Å². The molecule has 4 rings (SSSR count). The Labute approximate surface area is 194 Å². The number of hydrogen-bond donors (Lipinski definition) is 1. The first-order valence-corrected chi connectivity index (χ1v) is 11.2. The summed E-state index contributed by atoms with van der Waals surface area (Å²) < 4.78 is 2.11. The van der Waals surface area contributed by atoms with Gasteiger partial charge in [-0.2, -0.15) is 4.58 Å². The summed E-state index contributed by atoms with van der Waals surface area (Å²) in [4.78, 5) is 14.3. The molecule has 0 bridgehead atoms. The van der Waals surface area contributed by atoms with E-state index in [9.17, 15) is 15.2 Å². The normalized spacial score (nSPS) is 14.8. The minimum atomic E-state index is -0.461. The molecule has 0 aliphatic carbocycles. The quantitative estimate of drug-likeness (QED) is 0.312. The van der Waals surface area contributed by atoms with Crippen molar-refractivity contribution in [3.63, 3.8) is 0 Å². The van der Waals surface area contributed by atoms with Crippen LogP contribution in [0.5, 0.6) is 5.75 Å². The molecule has 0 atom stereocenters. The number of hydrogen-bond acceptors (Lipinski definition) is 3. The molecule has 1 aliphatic rings. The highest BCUT2D eigenvalue weighted by atomic mass is 16.6. The number of non-ortho nitro benzene ring substituents is 1. The molecule has 2 aromatic carbocycles. The van der Waals surface area contributed by atoms with Gasteiger partial charge in [-0.3, -0.25) is 10.1 Å². The highest BCUT2D eigenvalue weighted by Crippen LogP contribution is 2.41. The average molecular weight is 444 g/mol. The summed E-state index contributed by atoms with van der Waals surface area (Å²) in [5, 5.41) is 23.9. The predicted molar refractivity (Wildman–Crippen MR) is 129 cm³/mol. The Hall–Kier alpha value is -3.67. The lowest BCUT2D eigenvalue weighted by molar-refractivity contribution is -0.456. The first kappa shape index (κ1) is 22.5. The number of para-hydroxylation sites is 1. The molecule has 0 amide bonds. The molecule has 1 aromatic heterocycles. The average Bonchev–Trinajstić information content (AvgIpc) is 3.17. The van der Waals surface area contributed by atoms with Crippen LogP contribution in [-0.2, 0) is 18.4 Å². The van der Waals surface area contributed by atoms with E-state index in [1.54, 1.807) is 0 Å². The Morgan fingerprint density at radius 2 is 1.85 bits per heavy atom. The molecule has 1 N–H and O–H groups in total. The van der Waals surface area contributed by atoms with Crippen LogP contribution >= 0.6 is 0 Å². The van der Waals surface area contributed by atoms with Crippen molar-refractivity contribution in [3.8, 4) is 5.75 Å². The number of benzene rings is 2. The fourth-order valence-corrected chi connectivity index (χ4v) is 4.96. The van der Waals surface area contributed by atoms with E-state index in [2.05, 4.69) is 62.4 Å². The van der Waals surface area contributed by atoms with Gasteiger partial charge in [0.2, 0.25) is 5.69 Å². The topological polar surface area (TPSA) is 85.0 Å². The summed E-state index contributed by atoms with van der Waals surface area (Å²) in [5.74, 6) is -0.199. The zero-order chi connectivity index (χ0) is 23.9. The third-order valence-corrected chi connectivity index (χ3v) is 6.78. The molecule has 170 valence electrons. The molecule has 3 aromatic rings. The first-order chi connectivity index (χ1) is 15.6. The number of nitrogens with zero attached hydrogens (tertiary/aromatic N) is 2. The zero-order valence-corrected chi connectivity index (χ0v) is 19.7.